The smallest absolute Gasteiger partial charge is 0.142 e. The summed E-state index contributed by atoms with van der Waals surface area (Å²) in [6, 6.07) is 7.10. The molecule has 0 fully saturated rings. The molecule has 1 heterocycles. The average molecular weight is 262 g/mol. The van der Waals surface area contributed by atoms with Crippen LogP contribution >= 0.6 is 0 Å². The van der Waals surface area contributed by atoms with Crippen molar-refractivity contribution >= 4 is 5.69 Å². The zero-order valence-electron chi connectivity index (χ0n) is 12.4. The Morgan fingerprint density at radius 3 is 3.05 bits per heavy atom. The number of rotatable bonds is 6. The van der Waals surface area contributed by atoms with Gasteiger partial charge in [-0.3, -0.25) is 0 Å². The quantitative estimate of drug-likeness (QED) is 0.852. The number of likely N-dealkylation sites (N-methyl/N-ethyl adjacent to an activating group) is 1. The van der Waals surface area contributed by atoms with Gasteiger partial charge in [-0.25, -0.2) is 0 Å². The summed E-state index contributed by atoms with van der Waals surface area (Å²) in [7, 11) is 2.22. The lowest BCUT2D eigenvalue weighted by Crippen LogP contribution is -2.31. The molecule has 1 N–H and O–H groups in total. The van der Waals surface area contributed by atoms with Gasteiger partial charge in [0.1, 0.15) is 12.4 Å². The summed E-state index contributed by atoms with van der Waals surface area (Å²) in [5, 5.41) is 3.40. The topological polar surface area (TPSA) is 24.5 Å². The third kappa shape index (κ3) is 3.87. The lowest BCUT2D eigenvalue weighted by molar-refractivity contribution is 0.252. The molecule has 1 unspecified atom stereocenters. The number of fused-ring (bicyclic) bond motifs is 1. The zero-order valence-corrected chi connectivity index (χ0v) is 12.4. The molecule has 0 aliphatic carbocycles. The van der Waals surface area contributed by atoms with Crippen molar-refractivity contribution < 1.29 is 4.74 Å². The Balaban J connectivity index is 1.95. The van der Waals surface area contributed by atoms with E-state index in [1.54, 1.807) is 0 Å². The highest BCUT2D eigenvalue weighted by Gasteiger charge is 2.13. The fourth-order valence-corrected chi connectivity index (χ4v) is 2.44. The first-order valence-corrected chi connectivity index (χ1v) is 7.40. The zero-order chi connectivity index (χ0) is 13.7. The van der Waals surface area contributed by atoms with Crippen LogP contribution in [0.25, 0.3) is 0 Å². The third-order valence-electron chi connectivity index (χ3n) is 3.87. The van der Waals surface area contributed by atoms with Gasteiger partial charge in [0.2, 0.25) is 0 Å². The highest BCUT2D eigenvalue weighted by Crippen LogP contribution is 2.28. The molecule has 0 amide bonds. The molecular formula is C16H26N2O. The van der Waals surface area contributed by atoms with Crippen molar-refractivity contribution in [2.75, 3.05) is 32.1 Å². The van der Waals surface area contributed by atoms with Crippen LogP contribution in [0, 0.1) is 0 Å². The summed E-state index contributed by atoms with van der Waals surface area (Å²) < 4.78 is 5.61. The van der Waals surface area contributed by atoms with E-state index in [1.807, 2.05) is 0 Å². The van der Waals surface area contributed by atoms with Gasteiger partial charge in [-0.15, -0.1) is 0 Å². The van der Waals surface area contributed by atoms with Gasteiger partial charge in [0.25, 0.3) is 0 Å². The van der Waals surface area contributed by atoms with Crippen molar-refractivity contribution in [2.24, 2.45) is 0 Å². The third-order valence-corrected chi connectivity index (χ3v) is 3.87. The van der Waals surface area contributed by atoms with E-state index in [-0.39, 0.29) is 0 Å². The number of unbranched alkanes of at least 4 members (excludes halogenated alkanes) is 1. The molecule has 1 aromatic rings. The number of hydrogen-bond acceptors (Lipinski definition) is 3. The predicted octanol–water partition coefficient (Wildman–Crippen LogP) is 3.15. The molecule has 0 spiro atoms. The van der Waals surface area contributed by atoms with Crippen LogP contribution in [0.2, 0.25) is 0 Å². The van der Waals surface area contributed by atoms with E-state index in [0.717, 1.165) is 31.0 Å². The van der Waals surface area contributed by atoms with Crippen molar-refractivity contribution in [2.45, 2.75) is 39.2 Å². The maximum Gasteiger partial charge on any atom is 0.142 e. The molecule has 0 saturated carbocycles. The van der Waals surface area contributed by atoms with Crippen LogP contribution in [0.1, 0.15) is 32.3 Å². The largest absolute Gasteiger partial charge is 0.490 e. The minimum atomic E-state index is 0.578. The van der Waals surface area contributed by atoms with Gasteiger partial charge in [0.05, 0.1) is 5.69 Å². The second-order valence-electron chi connectivity index (χ2n) is 5.49. The minimum absolute atomic E-state index is 0.578. The van der Waals surface area contributed by atoms with Gasteiger partial charge in [-0.2, -0.15) is 0 Å². The molecule has 106 valence electrons. The second kappa shape index (κ2) is 6.80. The molecule has 1 atom stereocenters. The van der Waals surface area contributed by atoms with Crippen molar-refractivity contribution in [3.8, 4) is 5.75 Å². The summed E-state index contributed by atoms with van der Waals surface area (Å²) in [6.07, 6.45) is 3.63. The second-order valence-corrected chi connectivity index (χ2v) is 5.49. The van der Waals surface area contributed by atoms with Crippen LogP contribution < -0.4 is 10.1 Å². The highest BCUT2D eigenvalue weighted by atomic mass is 16.5. The number of benzene rings is 1. The molecule has 3 heteroatoms. The highest BCUT2D eigenvalue weighted by molar-refractivity contribution is 5.59. The predicted molar refractivity (Wildman–Crippen MR) is 81.1 cm³/mol. The Morgan fingerprint density at radius 2 is 2.26 bits per heavy atom. The van der Waals surface area contributed by atoms with Gasteiger partial charge in [0, 0.05) is 12.6 Å². The van der Waals surface area contributed by atoms with Crippen molar-refractivity contribution in [3.63, 3.8) is 0 Å². The Hall–Kier alpha value is -1.22. The van der Waals surface area contributed by atoms with Gasteiger partial charge in [0.15, 0.2) is 0 Å². The van der Waals surface area contributed by atoms with Crippen LogP contribution in [0.5, 0.6) is 5.75 Å². The van der Waals surface area contributed by atoms with Gasteiger partial charge in [-0.1, -0.05) is 19.4 Å². The summed E-state index contributed by atoms with van der Waals surface area (Å²) in [6.45, 7) is 7.40. The standard InChI is InChI=1S/C16H26N2O/c1-4-5-9-18(3)13(2)11-14-6-7-16-15(12-14)17-8-10-19-16/h6-7,12-13,17H,4-5,8-11H2,1-3H3. The maximum absolute atomic E-state index is 5.61. The molecule has 1 aliphatic heterocycles. The normalized spacial score (nSPS) is 15.6. The Labute approximate surface area is 116 Å². The molecule has 0 radical (unpaired) electrons. The summed E-state index contributed by atoms with van der Waals surface area (Å²) in [4.78, 5) is 2.45. The Bertz CT molecular complexity index is 406. The first-order chi connectivity index (χ1) is 9.20. The van der Waals surface area contributed by atoms with Crippen LogP contribution in [0.4, 0.5) is 5.69 Å². The Morgan fingerprint density at radius 1 is 1.42 bits per heavy atom. The fourth-order valence-electron chi connectivity index (χ4n) is 2.44. The van der Waals surface area contributed by atoms with Crippen molar-refractivity contribution in [3.05, 3.63) is 23.8 Å². The molecular weight excluding hydrogens is 236 g/mol. The SMILES string of the molecule is CCCCN(C)C(C)Cc1ccc2c(c1)NCCO2. The molecule has 3 nitrogen and oxygen atoms in total. The van der Waals surface area contributed by atoms with E-state index in [1.165, 1.54) is 24.9 Å². The first kappa shape index (κ1) is 14.2. The van der Waals surface area contributed by atoms with E-state index in [4.69, 9.17) is 4.74 Å². The van der Waals surface area contributed by atoms with Crippen LogP contribution in [0.3, 0.4) is 0 Å². The average Bonchev–Trinajstić information content (AvgIpc) is 2.44. The van der Waals surface area contributed by atoms with E-state index in [2.05, 4.69) is 49.3 Å². The van der Waals surface area contributed by atoms with Crippen LogP contribution in [-0.4, -0.2) is 37.7 Å². The summed E-state index contributed by atoms with van der Waals surface area (Å²) >= 11 is 0. The summed E-state index contributed by atoms with van der Waals surface area (Å²) in [5.41, 5.74) is 2.53. The van der Waals surface area contributed by atoms with Gasteiger partial charge in [-0.05, 0) is 51.1 Å². The van der Waals surface area contributed by atoms with Gasteiger partial charge < -0.3 is 15.0 Å². The first-order valence-electron chi connectivity index (χ1n) is 7.40. The minimum Gasteiger partial charge on any atom is -0.490 e. The molecule has 0 bridgehead atoms. The molecule has 2 rings (SSSR count). The molecule has 1 aliphatic rings. The summed E-state index contributed by atoms with van der Waals surface area (Å²) in [5.74, 6) is 0.988. The monoisotopic (exact) mass is 262 g/mol. The molecule has 19 heavy (non-hydrogen) atoms. The molecule has 0 saturated heterocycles. The lowest BCUT2D eigenvalue weighted by atomic mass is 10.0. The van der Waals surface area contributed by atoms with E-state index in [9.17, 15) is 0 Å². The van der Waals surface area contributed by atoms with Crippen LogP contribution in [-0.2, 0) is 6.42 Å². The fraction of sp³-hybridized carbons (Fsp3) is 0.625. The van der Waals surface area contributed by atoms with E-state index < -0.39 is 0 Å². The molecule has 0 aromatic heterocycles. The van der Waals surface area contributed by atoms with E-state index in [0.29, 0.717) is 6.04 Å². The van der Waals surface area contributed by atoms with Gasteiger partial charge >= 0.3 is 0 Å². The Kier molecular flexibility index (Phi) is 5.08. The lowest BCUT2D eigenvalue weighted by Gasteiger charge is -2.25. The maximum atomic E-state index is 5.61. The van der Waals surface area contributed by atoms with Crippen molar-refractivity contribution in [1.29, 1.82) is 0 Å². The van der Waals surface area contributed by atoms with Crippen LogP contribution in [0.15, 0.2) is 18.2 Å². The molecule has 1 aromatic carbocycles. The van der Waals surface area contributed by atoms with E-state index >= 15 is 0 Å². The van der Waals surface area contributed by atoms with Crippen molar-refractivity contribution in [1.82, 2.24) is 4.90 Å². The number of anilines is 1. The number of nitrogens with zero attached hydrogens (tertiary/aromatic N) is 1. The number of ether oxygens (including phenoxy) is 1. The number of nitrogens with one attached hydrogen (secondary N) is 1. The number of hydrogen-bond donors (Lipinski definition) is 1.